The zero-order valence-electron chi connectivity index (χ0n) is 11.0. The van der Waals surface area contributed by atoms with Crippen LogP contribution < -0.4 is 0 Å². The lowest BCUT2D eigenvalue weighted by Gasteiger charge is -2.56. The van der Waals surface area contributed by atoms with Crippen molar-refractivity contribution >= 4 is 0 Å². The summed E-state index contributed by atoms with van der Waals surface area (Å²) in [5.74, 6) is 0.0830. The summed E-state index contributed by atoms with van der Waals surface area (Å²) in [6.45, 7) is 10.1. The maximum Gasteiger partial charge on any atom is 0.0981 e. The van der Waals surface area contributed by atoms with Crippen molar-refractivity contribution in [2.75, 3.05) is 0 Å². The molecular formula is C12H24N2O2. The van der Waals surface area contributed by atoms with Gasteiger partial charge in [0.1, 0.15) is 0 Å². The van der Waals surface area contributed by atoms with Crippen molar-refractivity contribution in [3.63, 3.8) is 0 Å². The lowest BCUT2D eigenvalue weighted by Crippen LogP contribution is -2.66. The number of rotatable bonds is 3. The van der Waals surface area contributed by atoms with Crippen LogP contribution in [0.5, 0.6) is 0 Å². The molecule has 0 aromatic heterocycles. The molecule has 16 heavy (non-hydrogen) atoms. The summed E-state index contributed by atoms with van der Waals surface area (Å²) in [7, 11) is 0. The molecule has 1 fully saturated rings. The molecule has 1 heterocycles. The van der Waals surface area contributed by atoms with E-state index >= 15 is 0 Å². The van der Waals surface area contributed by atoms with E-state index in [1.54, 1.807) is 0 Å². The van der Waals surface area contributed by atoms with Gasteiger partial charge < -0.3 is 5.21 Å². The van der Waals surface area contributed by atoms with E-state index in [0.29, 0.717) is 6.42 Å². The molecule has 1 rings (SSSR count). The molecule has 4 nitrogen and oxygen atoms in total. The molecule has 0 spiro atoms. The molecule has 94 valence electrons. The summed E-state index contributed by atoms with van der Waals surface area (Å²) in [6.07, 6.45) is 2.27. The highest BCUT2D eigenvalue weighted by atomic mass is 16.5. The Labute approximate surface area is 98.0 Å². The smallest absolute Gasteiger partial charge is 0.0981 e. The van der Waals surface area contributed by atoms with Crippen LogP contribution >= 0.6 is 0 Å². The van der Waals surface area contributed by atoms with Gasteiger partial charge >= 0.3 is 0 Å². The molecule has 0 bridgehead atoms. The Balaban J connectivity index is 3.12. The van der Waals surface area contributed by atoms with Gasteiger partial charge in [-0.2, -0.15) is 9.97 Å². The van der Waals surface area contributed by atoms with Gasteiger partial charge in [-0.3, -0.25) is 0 Å². The van der Waals surface area contributed by atoms with Gasteiger partial charge in [-0.1, -0.05) is 25.9 Å². The quantitative estimate of drug-likeness (QED) is 0.755. The number of hydrogen-bond acceptors (Lipinski definition) is 4. The lowest BCUT2D eigenvalue weighted by molar-refractivity contribution is -0.272. The van der Waals surface area contributed by atoms with Gasteiger partial charge in [0.15, 0.2) is 0 Å². The van der Waals surface area contributed by atoms with Crippen LogP contribution in [0.3, 0.4) is 0 Å². The largest absolute Gasteiger partial charge is 0.313 e. The molecule has 0 aromatic rings. The van der Waals surface area contributed by atoms with Gasteiger partial charge in [0.25, 0.3) is 0 Å². The zero-order chi connectivity index (χ0) is 12.6. The van der Waals surface area contributed by atoms with Crippen LogP contribution in [-0.4, -0.2) is 27.4 Å². The van der Waals surface area contributed by atoms with Crippen LogP contribution in [0.15, 0.2) is 5.18 Å². The predicted octanol–water partition coefficient (Wildman–Crippen LogP) is 3.19. The standard InChI is InChI=1S/C12H24N2O2/c1-6-11(4)8-10(13-15)9(3)12(5,7-2)14(11)16/h9-10,16H,6-8H2,1-5H3. The Morgan fingerprint density at radius 1 is 1.38 bits per heavy atom. The average Bonchev–Trinajstić information content (AvgIpc) is 2.31. The Morgan fingerprint density at radius 2 is 1.94 bits per heavy atom. The first kappa shape index (κ1) is 13.6. The second-order valence-electron chi connectivity index (χ2n) is 5.54. The number of piperidine rings is 1. The first-order chi connectivity index (χ1) is 7.35. The highest BCUT2D eigenvalue weighted by Gasteiger charge is 2.53. The monoisotopic (exact) mass is 228 g/mol. The summed E-state index contributed by atoms with van der Waals surface area (Å²) < 4.78 is 0. The number of nitrogens with zero attached hydrogens (tertiary/aromatic N) is 2. The van der Waals surface area contributed by atoms with Crippen molar-refractivity contribution in [3.05, 3.63) is 4.91 Å². The molecule has 4 unspecified atom stereocenters. The second kappa shape index (κ2) is 4.41. The molecule has 4 heteroatoms. The topological polar surface area (TPSA) is 52.9 Å². The Bertz CT molecular complexity index is 272. The van der Waals surface area contributed by atoms with Crippen LogP contribution in [0.1, 0.15) is 53.9 Å². The van der Waals surface area contributed by atoms with Crippen molar-refractivity contribution in [3.8, 4) is 0 Å². The molecule has 0 amide bonds. The Morgan fingerprint density at radius 3 is 2.31 bits per heavy atom. The lowest BCUT2D eigenvalue weighted by atomic mass is 9.69. The summed E-state index contributed by atoms with van der Waals surface area (Å²) in [5.41, 5.74) is -0.697. The molecular weight excluding hydrogens is 204 g/mol. The van der Waals surface area contributed by atoms with Crippen LogP contribution in [0.2, 0.25) is 0 Å². The van der Waals surface area contributed by atoms with E-state index in [1.807, 2.05) is 34.6 Å². The number of nitroso groups, excluding NO2 is 1. The van der Waals surface area contributed by atoms with Crippen LogP contribution in [0.25, 0.3) is 0 Å². The maximum atomic E-state index is 10.9. The minimum atomic E-state index is -0.360. The summed E-state index contributed by atoms with van der Waals surface area (Å²) in [5, 5.41) is 15.2. The second-order valence-corrected chi connectivity index (χ2v) is 5.54. The SMILES string of the molecule is CCC1(C)CC(N=O)C(C)C(C)(CC)N1O. The minimum absolute atomic E-state index is 0.0830. The molecule has 1 saturated heterocycles. The van der Waals surface area contributed by atoms with Crippen LogP contribution in [0.4, 0.5) is 0 Å². The van der Waals surface area contributed by atoms with Gasteiger partial charge in [-0.15, -0.1) is 0 Å². The van der Waals surface area contributed by atoms with E-state index in [0.717, 1.165) is 12.8 Å². The zero-order valence-corrected chi connectivity index (χ0v) is 11.0. The highest BCUT2D eigenvalue weighted by molar-refractivity contribution is 5.05. The third-order valence-corrected chi connectivity index (χ3v) is 4.82. The fourth-order valence-corrected chi connectivity index (χ4v) is 2.83. The van der Waals surface area contributed by atoms with E-state index in [1.165, 1.54) is 5.06 Å². The first-order valence-corrected chi connectivity index (χ1v) is 6.17. The van der Waals surface area contributed by atoms with Gasteiger partial charge in [0.05, 0.1) is 6.04 Å². The average molecular weight is 228 g/mol. The third-order valence-electron chi connectivity index (χ3n) is 4.82. The molecule has 0 radical (unpaired) electrons. The molecule has 0 aliphatic carbocycles. The van der Waals surface area contributed by atoms with E-state index in [-0.39, 0.29) is 23.0 Å². The molecule has 4 atom stereocenters. The van der Waals surface area contributed by atoms with Crippen molar-refractivity contribution in [1.29, 1.82) is 0 Å². The summed E-state index contributed by atoms with van der Waals surface area (Å²) in [6, 6.07) is -0.196. The molecule has 0 aromatic carbocycles. The molecule has 1 aliphatic heterocycles. The Kier molecular flexibility index (Phi) is 3.75. The first-order valence-electron chi connectivity index (χ1n) is 6.17. The van der Waals surface area contributed by atoms with Crippen LogP contribution in [0, 0.1) is 10.8 Å². The van der Waals surface area contributed by atoms with E-state index in [2.05, 4.69) is 5.18 Å². The van der Waals surface area contributed by atoms with Crippen molar-refractivity contribution < 1.29 is 5.21 Å². The van der Waals surface area contributed by atoms with E-state index in [9.17, 15) is 10.1 Å². The van der Waals surface area contributed by atoms with Gasteiger partial charge in [-0.05, 0) is 33.1 Å². The van der Waals surface area contributed by atoms with E-state index in [4.69, 9.17) is 0 Å². The predicted molar refractivity (Wildman–Crippen MR) is 64.4 cm³/mol. The molecule has 1 N–H and O–H groups in total. The van der Waals surface area contributed by atoms with Crippen molar-refractivity contribution in [1.82, 2.24) is 5.06 Å². The normalized spacial score (nSPS) is 45.6. The third kappa shape index (κ3) is 1.78. The fraction of sp³-hybridized carbons (Fsp3) is 1.00. The van der Waals surface area contributed by atoms with Crippen molar-refractivity contribution in [2.45, 2.75) is 71.0 Å². The molecule has 0 saturated carbocycles. The summed E-state index contributed by atoms with van der Waals surface area (Å²) in [4.78, 5) is 10.9. The van der Waals surface area contributed by atoms with Gasteiger partial charge in [0, 0.05) is 17.0 Å². The highest BCUT2D eigenvalue weighted by Crippen LogP contribution is 2.45. The van der Waals surface area contributed by atoms with Gasteiger partial charge in [0.2, 0.25) is 0 Å². The fourth-order valence-electron chi connectivity index (χ4n) is 2.83. The van der Waals surface area contributed by atoms with E-state index < -0.39 is 0 Å². The van der Waals surface area contributed by atoms with Gasteiger partial charge in [-0.25, -0.2) is 0 Å². The molecule has 1 aliphatic rings. The number of hydroxylamine groups is 2. The number of hydrogen-bond donors (Lipinski definition) is 1. The van der Waals surface area contributed by atoms with Crippen molar-refractivity contribution in [2.24, 2.45) is 11.1 Å². The maximum absolute atomic E-state index is 10.9. The Hall–Kier alpha value is -0.480. The summed E-state index contributed by atoms with van der Waals surface area (Å²) >= 11 is 0. The minimum Gasteiger partial charge on any atom is -0.313 e. The van der Waals surface area contributed by atoms with Crippen LogP contribution in [-0.2, 0) is 0 Å².